The zero-order valence-corrected chi connectivity index (χ0v) is 8.90. The fourth-order valence-corrected chi connectivity index (χ4v) is 1.32. The van der Waals surface area contributed by atoms with E-state index in [0.717, 1.165) is 12.8 Å². The highest BCUT2D eigenvalue weighted by Crippen LogP contribution is 2.19. The van der Waals surface area contributed by atoms with Crippen LogP contribution >= 0.6 is 0 Å². The van der Waals surface area contributed by atoms with E-state index in [4.69, 9.17) is 11.2 Å². The molecule has 0 radical (unpaired) electrons. The third-order valence-corrected chi connectivity index (χ3v) is 2.35. The molecule has 0 aromatic heterocycles. The minimum absolute atomic E-state index is 0.0222. The van der Waals surface area contributed by atoms with Gasteiger partial charge in [0.1, 0.15) is 12.4 Å². The number of rotatable bonds is 4. The largest absolute Gasteiger partial charge is 0.481 e. The first kappa shape index (κ1) is 10.6. The average molecular weight is 215 g/mol. The molecule has 0 spiro atoms. The number of hydrogen-bond donors (Lipinski definition) is 1. The van der Waals surface area contributed by atoms with Gasteiger partial charge in [-0.25, -0.2) is 0 Å². The van der Waals surface area contributed by atoms with Crippen LogP contribution in [0.2, 0.25) is 0 Å². The van der Waals surface area contributed by atoms with E-state index in [2.05, 4.69) is 11.2 Å². The van der Waals surface area contributed by atoms with E-state index in [1.807, 2.05) is 0 Å². The van der Waals surface area contributed by atoms with E-state index in [-0.39, 0.29) is 12.5 Å². The van der Waals surface area contributed by atoms with Crippen LogP contribution in [0.1, 0.15) is 23.2 Å². The fraction of sp³-hybridized carbons (Fsp3) is 0.308. The van der Waals surface area contributed by atoms with Gasteiger partial charge in [-0.15, -0.1) is 6.42 Å². The number of ether oxygens (including phenoxy) is 1. The molecule has 1 aliphatic rings. The lowest BCUT2D eigenvalue weighted by atomic mass is 10.2. The summed E-state index contributed by atoms with van der Waals surface area (Å²) in [6, 6.07) is 7.36. The number of benzene rings is 1. The van der Waals surface area contributed by atoms with Crippen molar-refractivity contribution in [2.45, 2.75) is 18.9 Å². The predicted octanol–water partition coefficient (Wildman–Crippen LogP) is 1.59. The van der Waals surface area contributed by atoms with Crippen molar-refractivity contribution >= 4 is 5.91 Å². The molecule has 1 aromatic rings. The fourth-order valence-electron chi connectivity index (χ4n) is 1.32. The summed E-state index contributed by atoms with van der Waals surface area (Å²) in [4.78, 5) is 11.6. The van der Waals surface area contributed by atoms with Crippen molar-refractivity contribution in [1.82, 2.24) is 5.32 Å². The number of carbonyl (C=O) groups excluding carboxylic acids is 1. The highest BCUT2D eigenvalue weighted by molar-refractivity contribution is 5.94. The zero-order valence-electron chi connectivity index (χ0n) is 8.90. The Morgan fingerprint density at radius 2 is 2.12 bits per heavy atom. The Balaban J connectivity index is 1.95. The van der Waals surface area contributed by atoms with Crippen LogP contribution in [0.4, 0.5) is 0 Å². The number of carbonyl (C=O) groups is 1. The Morgan fingerprint density at radius 1 is 1.44 bits per heavy atom. The van der Waals surface area contributed by atoms with Crippen LogP contribution in [-0.2, 0) is 0 Å². The topological polar surface area (TPSA) is 38.3 Å². The van der Waals surface area contributed by atoms with Crippen molar-refractivity contribution in [3.05, 3.63) is 29.8 Å². The summed E-state index contributed by atoms with van der Waals surface area (Å²) in [5, 5.41) is 2.92. The third-order valence-electron chi connectivity index (χ3n) is 2.35. The second-order valence-electron chi connectivity index (χ2n) is 3.76. The van der Waals surface area contributed by atoms with Gasteiger partial charge in [0, 0.05) is 11.6 Å². The van der Waals surface area contributed by atoms with Crippen molar-refractivity contribution in [3.63, 3.8) is 0 Å². The van der Waals surface area contributed by atoms with Gasteiger partial charge < -0.3 is 10.1 Å². The molecule has 16 heavy (non-hydrogen) atoms. The summed E-state index contributed by atoms with van der Waals surface area (Å²) in [5.74, 6) is 3.05. The normalized spacial score (nSPS) is 13.9. The quantitative estimate of drug-likeness (QED) is 0.774. The number of hydrogen-bond acceptors (Lipinski definition) is 2. The van der Waals surface area contributed by atoms with Gasteiger partial charge in [-0.1, -0.05) is 5.92 Å². The lowest BCUT2D eigenvalue weighted by molar-refractivity contribution is 0.0951. The molecule has 1 N–H and O–H groups in total. The highest BCUT2D eigenvalue weighted by Gasteiger charge is 2.23. The molecule has 1 aromatic carbocycles. The Morgan fingerprint density at radius 3 is 2.69 bits per heavy atom. The zero-order chi connectivity index (χ0) is 11.4. The maximum Gasteiger partial charge on any atom is 0.251 e. The molecular weight excluding hydrogens is 202 g/mol. The molecule has 2 rings (SSSR count). The Kier molecular flexibility index (Phi) is 3.11. The van der Waals surface area contributed by atoms with Crippen molar-refractivity contribution in [2.75, 3.05) is 6.61 Å². The lowest BCUT2D eigenvalue weighted by Gasteiger charge is -2.05. The highest BCUT2D eigenvalue weighted by atomic mass is 16.5. The summed E-state index contributed by atoms with van der Waals surface area (Å²) in [6.07, 6.45) is 7.26. The molecule has 0 heterocycles. The molecule has 0 aliphatic heterocycles. The molecule has 1 aliphatic carbocycles. The molecule has 1 amide bonds. The second kappa shape index (κ2) is 4.71. The minimum atomic E-state index is -0.0222. The van der Waals surface area contributed by atoms with Gasteiger partial charge in [0.2, 0.25) is 0 Å². The molecule has 0 unspecified atom stereocenters. The van der Waals surface area contributed by atoms with Crippen LogP contribution in [-0.4, -0.2) is 18.6 Å². The maximum absolute atomic E-state index is 11.6. The monoisotopic (exact) mass is 215 g/mol. The van der Waals surface area contributed by atoms with Gasteiger partial charge in [0.05, 0.1) is 0 Å². The van der Waals surface area contributed by atoms with Crippen molar-refractivity contribution in [1.29, 1.82) is 0 Å². The number of amides is 1. The summed E-state index contributed by atoms with van der Waals surface area (Å²) in [6.45, 7) is 0.244. The SMILES string of the molecule is C#CCOc1ccc(C(=O)NC2CC2)cc1. The third kappa shape index (κ3) is 2.77. The Labute approximate surface area is 94.8 Å². The molecule has 0 bridgehead atoms. The summed E-state index contributed by atoms with van der Waals surface area (Å²) >= 11 is 0. The van der Waals surface area contributed by atoms with Crippen LogP contribution < -0.4 is 10.1 Å². The lowest BCUT2D eigenvalue weighted by Crippen LogP contribution is -2.25. The van der Waals surface area contributed by atoms with Gasteiger partial charge in [-0.3, -0.25) is 4.79 Å². The van der Waals surface area contributed by atoms with Crippen LogP contribution in [0.3, 0.4) is 0 Å². The molecule has 3 heteroatoms. The first-order valence-corrected chi connectivity index (χ1v) is 5.27. The Hall–Kier alpha value is -1.95. The van der Waals surface area contributed by atoms with E-state index in [1.54, 1.807) is 24.3 Å². The van der Waals surface area contributed by atoms with Crippen LogP contribution in [0, 0.1) is 12.3 Å². The first-order chi connectivity index (χ1) is 7.79. The van der Waals surface area contributed by atoms with Gasteiger partial charge in [0.15, 0.2) is 0 Å². The minimum Gasteiger partial charge on any atom is -0.481 e. The first-order valence-electron chi connectivity index (χ1n) is 5.27. The van der Waals surface area contributed by atoms with Gasteiger partial charge in [0.25, 0.3) is 5.91 Å². The average Bonchev–Trinajstić information content (AvgIpc) is 3.11. The van der Waals surface area contributed by atoms with E-state index >= 15 is 0 Å². The smallest absolute Gasteiger partial charge is 0.251 e. The molecule has 3 nitrogen and oxygen atoms in total. The molecule has 1 fully saturated rings. The van der Waals surface area contributed by atoms with Crippen LogP contribution in [0.5, 0.6) is 5.75 Å². The molecule has 1 saturated carbocycles. The van der Waals surface area contributed by atoms with Crippen molar-refractivity contribution < 1.29 is 9.53 Å². The second-order valence-corrected chi connectivity index (χ2v) is 3.76. The van der Waals surface area contributed by atoms with E-state index in [1.165, 1.54) is 0 Å². The molecule has 82 valence electrons. The molecule has 0 atom stereocenters. The van der Waals surface area contributed by atoms with E-state index in [0.29, 0.717) is 17.4 Å². The number of terminal acetylenes is 1. The predicted molar refractivity (Wildman–Crippen MR) is 61.3 cm³/mol. The van der Waals surface area contributed by atoms with E-state index in [9.17, 15) is 4.79 Å². The number of nitrogens with one attached hydrogen (secondary N) is 1. The van der Waals surface area contributed by atoms with E-state index < -0.39 is 0 Å². The molecule has 0 saturated heterocycles. The van der Waals surface area contributed by atoms with Gasteiger partial charge in [-0.2, -0.15) is 0 Å². The summed E-state index contributed by atoms with van der Waals surface area (Å²) < 4.78 is 5.22. The van der Waals surface area contributed by atoms with Crippen LogP contribution in [0.15, 0.2) is 24.3 Å². The van der Waals surface area contributed by atoms with Gasteiger partial charge in [-0.05, 0) is 37.1 Å². The standard InChI is InChI=1S/C13H13NO2/c1-2-9-16-12-7-3-10(4-8-12)13(15)14-11-5-6-11/h1,3-4,7-8,11H,5-6,9H2,(H,14,15). The Bertz CT molecular complexity index is 413. The summed E-state index contributed by atoms with van der Waals surface area (Å²) in [5.41, 5.74) is 0.653. The van der Waals surface area contributed by atoms with Crippen LogP contribution in [0.25, 0.3) is 0 Å². The maximum atomic E-state index is 11.6. The summed E-state index contributed by atoms with van der Waals surface area (Å²) in [7, 11) is 0. The van der Waals surface area contributed by atoms with Crippen molar-refractivity contribution in [2.24, 2.45) is 0 Å². The van der Waals surface area contributed by atoms with Gasteiger partial charge >= 0.3 is 0 Å². The van der Waals surface area contributed by atoms with Crippen molar-refractivity contribution in [3.8, 4) is 18.1 Å². The molecular formula is C13H13NO2.